The summed E-state index contributed by atoms with van der Waals surface area (Å²) in [4.78, 5) is 0. The van der Waals surface area contributed by atoms with E-state index in [-0.39, 0.29) is 0 Å². The molecule has 0 amide bonds. The van der Waals surface area contributed by atoms with Gasteiger partial charge in [-0.2, -0.15) is 0 Å². The van der Waals surface area contributed by atoms with E-state index in [0.717, 1.165) is 18.2 Å². The quantitative estimate of drug-likeness (QED) is 0.797. The van der Waals surface area contributed by atoms with Crippen LogP contribution in [0.15, 0.2) is 24.3 Å². The third-order valence-corrected chi connectivity index (χ3v) is 4.29. The van der Waals surface area contributed by atoms with Crippen molar-refractivity contribution in [1.82, 2.24) is 5.32 Å². The zero-order valence-electron chi connectivity index (χ0n) is 12.3. The maximum atomic E-state index is 5.44. The van der Waals surface area contributed by atoms with Crippen molar-refractivity contribution in [3.05, 3.63) is 29.8 Å². The molecule has 1 N–H and O–H groups in total. The molecule has 0 bridgehead atoms. The highest BCUT2D eigenvalue weighted by atomic mass is 16.5. The van der Waals surface area contributed by atoms with Crippen LogP contribution in [-0.4, -0.2) is 13.7 Å². The summed E-state index contributed by atoms with van der Waals surface area (Å²) in [6.07, 6.45) is 8.47. The maximum Gasteiger partial charge on any atom is 0.123 e. The van der Waals surface area contributed by atoms with Crippen LogP contribution in [0.1, 0.15) is 57.1 Å². The van der Waals surface area contributed by atoms with Crippen molar-refractivity contribution < 1.29 is 4.74 Å². The smallest absolute Gasteiger partial charge is 0.123 e. The van der Waals surface area contributed by atoms with E-state index in [1.807, 2.05) is 12.1 Å². The monoisotopic (exact) mass is 261 g/mol. The zero-order valence-corrected chi connectivity index (χ0v) is 12.3. The van der Waals surface area contributed by atoms with E-state index in [0.29, 0.717) is 6.04 Å². The van der Waals surface area contributed by atoms with Gasteiger partial charge in [-0.05, 0) is 38.3 Å². The molecular weight excluding hydrogens is 234 g/mol. The van der Waals surface area contributed by atoms with Gasteiger partial charge < -0.3 is 10.1 Å². The first-order chi connectivity index (χ1) is 9.31. The minimum absolute atomic E-state index is 0.361. The summed E-state index contributed by atoms with van der Waals surface area (Å²) in [5, 5.41) is 3.69. The number of hydrogen-bond acceptors (Lipinski definition) is 2. The van der Waals surface area contributed by atoms with E-state index < -0.39 is 0 Å². The van der Waals surface area contributed by atoms with Gasteiger partial charge in [-0.3, -0.25) is 0 Å². The van der Waals surface area contributed by atoms with Crippen LogP contribution in [0.5, 0.6) is 5.75 Å². The molecule has 0 aliphatic heterocycles. The molecule has 0 radical (unpaired) electrons. The summed E-state index contributed by atoms with van der Waals surface area (Å²) in [6, 6.07) is 8.67. The predicted octanol–water partition coefficient (Wildman–Crippen LogP) is 4.32. The Bertz CT molecular complexity index is 369. The predicted molar refractivity (Wildman–Crippen MR) is 80.6 cm³/mol. The maximum absolute atomic E-state index is 5.44. The highest BCUT2D eigenvalue weighted by molar-refractivity contribution is 5.35. The highest BCUT2D eigenvalue weighted by Gasteiger charge is 2.15. The molecule has 0 spiro atoms. The molecule has 1 atom stereocenters. The normalized spacial score (nSPS) is 18.8. The Balaban J connectivity index is 1.87. The van der Waals surface area contributed by atoms with Crippen molar-refractivity contribution >= 4 is 0 Å². The van der Waals surface area contributed by atoms with E-state index in [9.17, 15) is 0 Å². The lowest BCUT2D eigenvalue weighted by Crippen LogP contribution is -2.25. The van der Waals surface area contributed by atoms with Gasteiger partial charge in [0.1, 0.15) is 5.75 Å². The van der Waals surface area contributed by atoms with Crippen LogP contribution in [0.3, 0.4) is 0 Å². The summed E-state index contributed by atoms with van der Waals surface area (Å²) >= 11 is 0. The van der Waals surface area contributed by atoms with Crippen LogP contribution in [0.2, 0.25) is 0 Å². The fraction of sp³-hybridized carbons (Fsp3) is 0.647. The molecule has 2 rings (SSSR count). The van der Waals surface area contributed by atoms with Gasteiger partial charge in [-0.1, -0.05) is 43.9 Å². The molecule has 1 fully saturated rings. The summed E-state index contributed by atoms with van der Waals surface area (Å²) in [5.74, 6) is 1.85. The van der Waals surface area contributed by atoms with Crippen LogP contribution in [0.25, 0.3) is 0 Å². The number of benzene rings is 1. The zero-order chi connectivity index (χ0) is 13.5. The summed E-state index contributed by atoms with van der Waals surface area (Å²) in [7, 11) is 1.75. The van der Waals surface area contributed by atoms with Crippen LogP contribution in [-0.2, 0) is 0 Å². The minimum atomic E-state index is 0.361. The Morgan fingerprint density at radius 3 is 2.53 bits per heavy atom. The number of methoxy groups -OCH3 is 1. The van der Waals surface area contributed by atoms with Crippen molar-refractivity contribution in [2.75, 3.05) is 13.7 Å². The van der Waals surface area contributed by atoms with Gasteiger partial charge in [-0.25, -0.2) is 0 Å². The molecule has 0 aromatic heterocycles. The van der Waals surface area contributed by atoms with E-state index in [1.54, 1.807) is 7.11 Å². The molecule has 1 aromatic carbocycles. The summed E-state index contributed by atoms with van der Waals surface area (Å²) in [6.45, 7) is 3.37. The molecule has 1 aliphatic rings. The largest absolute Gasteiger partial charge is 0.496 e. The molecule has 19 heavy (non-hydrogen) atoms. The standard InChI is InChI=1S/C17H27NO/c1-14(16-11-7-8-12-17(16)19-2)18-13-15-9-5-3-4-6-10-15/h7-8,11-12,14-15,18H,3-6,9-10,13H2,1-2H3/t14-/m1/s1. The van der Waals surface area contributed by atoms with Gasteiger partial charge in [0, 0.05) is 11.6 Å². The Kier molecular flexibility index (Phi) is 5.71. The molecule has 0 unspecified atom stereocenters. The SMILES string of the molecule is COc1ccccc1[C@@H](C)NCC1CCCCCC1. The second-order valence-corrected chi connectivity index (χ2v) is 5.73. The molecule has 1 aliphatic carbocycles. The van der Waals surface area contributed by atoms with Crippen LogP contribution < -0.4 is 10.1 Å². The molecule has 0 saturated heterocycles. The van der Waals surface area contributed by atoms with E-state index in [2.05, 4.69) is 24.4 Å². The lowest BCUT2D eigenvalue weighted by Gasteiger charge is -2.21. The van der Waals surface area contributed by atoms with E-state index in [1.165, 1.54) is 44.1 Å². The molecule has 0 heterocycles. The fourth-order valence-electron chi connectivity index (χ4n) is 3.05. The third kappa shape index (κ3) is 4.24. The summed E-state index contributed by atoms with van der Waals surface area (Å²) in [5.41, 5.74) is 1.26. The van der Waals surface area contributed by atoms with Gasteiger partial charge in [0.25, 0.3) is 0 Å². The molecule has 1 aromatic rings. The van der Waals surface area contributed by atoms with Gasteiger partial charge in [0.15, 0.2) is 0 Å². The molecule has 2 nitrogen and oxygen atoms in total. The third-order valence-electron chi connectivity index (χ3n) is 4.29. The van der Waals surface area contributed by atoms with Crippen LogP contribution >= 0.6 is 0 Å². The number of ether oxygens (including phenoxy) is 1. The molecule has 106 valence electrons. The lowest BCUT2D eigenvalue weighted by molar-refractivity contribution is 0.382. The number of para-hydroxylation sites is 1. The van der Waals surface area contributed by atoms with Crippen molar-refractivity contribution in [2.24, 2.45) is 5.92 Å². The van der Waals surface area contributed by atoms with Gasteiger partial charge in [-0.15, -0.1) is 0 Å². The first kappa shape index (κ1) is 14.4. The van der Waals surface area contributed by atoms with Crippen molar-refractivity contribution in [1.29, 1.82) is 0 Å². The van der Waals surface area contributed by atoms with Crippen molar-refractivity contribution in [2.45, 2.75) is 51.5 Å². The Morgan fingerprint density at radius 1 is 1.16 bits per heavy atom. The Hall–Kier alpha value is -1.02. The topological polar surface area (TPSA) is 21.3 Å². The average molecular weight is 261 g/mol. The van der Waals surface area contributed by atoms with Gasteiger partial charge in [0.2, 0.25) is 0 Å². The van der Waals surface area contributed by atoms with Crippen molar-refractivity contribution in [3.8, 4) is 5.75 Å². The molecule has 1 saturated carbocycles. The van der Waals surface area contributed by atoms with Crippen LogP contribution in [0, 0.1) is 5.92 Å². The second kappa shape index (κ2) is 7.54. The number of hydrogen-bond donors (Lipinski definition) is 1. The highest BCUT2D eigenvalue weighted by Crippen LogP contribution is 2.26. The second-order valence-electron chi connectivity index (χ2n) is 5.73. The first-order valence-electron chi connectivity index (χ1n) is 7.67. The van der Waals surface area contributed by atoms with Gasteiger partial charge in [0.05, 0.1) is 7.11 Å². The molecule has 2 heteroatoms. The van der Waals surface area contributed by atoms with E-state index >= 15 is 0 Å². The van der Waals surface area contributed by atoms with E-state index in [4.69, 9.17) is 4.74 Å². The number of nitrogens with one attached hydrogen (secondary N) is 1. The van der Waals surface area contributed by atoms with Crippen molar-refractivity contribution in [3.63, 3.8) is 0 Å². The summed E-state index contributed by atoms with van der Waals surface area (Å²) < 4.78 is 5.44. The molecular formula is C17H27NO. The number of rotatable bonds is 5. The Morgan fingerprint density at radius 2 is 1.84 bits per heavy atom. The average Bonchev–Trinajstić information content (AvgIpc) is 2.73. The minimum Gasteiger partial charge on any atom is -0.496 e. The first-order valence-corrected chi connectivity index (χ1v) is 7.67. The van der Waals surface area contributed by atoms with Crippen LogP contribution in [0.4, 0.5) is 0 Å². The van der Waals surface area contributed by atoms with Gasteiger partial charge >= 0.3 is 0 Å². The Labute approximate surface area is 117 Å². The lowest BCUT2D eigenvalue weighted by atomic mass is 9.99. The fourth-order valence-corrected chi connectivity index (χ4v) is 3.05.